The van der Waals surface area contributed by atoms with Crippen LogP contribution in [-0.4, -0.2) is 24.2 Å². The maximum Gasteiger partial charge on any atom is 0.306 e. The Morgan fingerprint density at radius 2 is 2.18 bits per heavy atom. The van der Waals surface area contributed by atoms with E-state index in [0.29, 0.717) is 11.8 Å². The Morgan fingerprint density at radius 1 is 1.36 bits per heavy atom. The molecule has 1 saturated carbocycles. The first-order valence-corrected chi connectivity index (χ1v) is 4.22. The fourth-order valence-electron chi connectivity index (χ4n) is 2.45. The summed E-state index contributed by atoms with van der Waals surface area (Å²) in [6, 6.07) is 0. The van der Waals surface area contributed by atoms with Crippen molar-refractivity contribution in [3.8, 4) is 0 Å². The number of rotatable bonds is 1. The van der Waals surface area contributed by atoms with Crippen molar-refractivity contribution in [2.24, 2.45) is 17.8 Å². The summed E-state index contributed by atoms with van der Waals surface area (Å²) in [4.78, 5) is 10.7. The molecule has 1 saturated heterocycles. The molecule has 3 heteroatoms. The van der Waals surface area contributed by atoms with Crippen molar-refractivity contribution in [2.75, 3.05) is 13.1 Å². The van der Waals surface area contributed by atoms with Crippen molar-refractivity contribution in [1.29, 1.82) is 0 Å². The predicted molar refractivity (Wildman–Crippen MR) is 40.2 cm³/mol. The van der Waals surface area contributed by atoms with Gasteiger partial charge in [-0.05, 0) is 37.8 Å². The van der Waals surface area contributed by atoms with E-state index in [4.69, 9.17) is 5.11 Å². The lowest BCUT2D eigenvalue weighted by molar-refractivity contribution is -0.142. The summed E-state index contributed by atoms with van der Waals surface area (Å²) in [6.07, 6.45) is 2.00. The van der Waals surface area contributed by atoms with E-state index in [0.717, 1.165) is 25.9 Å². The van der Waals surface area contributed by atoms with Gasteiger partial charge >= 0.3 is 5.97 Å². The molecule has 0 aromatic carbocycles. The van der Waals surface area contributed by atoms with E-state index in [-0.39, 0.29) is 5.92 Å². The highest BCUT2D eigenvalue weighted by Gasteiger charge is 2.42. The Morgan fingerprint density at radius 3 is 2.91 bits per heavy atom. The molecule has 0 radical (unpaired) electrons. The van der Waals surface area contributed by atoms with Gasteiger partial charge in [-0.1, -0.05) is 0 Å². The maximum atomic E-state index is 10.7. The maximum absolute atomic E-state index is 10.7. The van der Waals surface area contributed by atoms with Crippen LogP contribution >= 0.6 is 0 Å². The molecule has 0 spiro atoms. The fraction of sp³-hybridized carbons (Fsp3) is 0.875. The van der Waals surface area contributed by atoms with E-state index in [9.17, 15) is 4.79 Å². The lowest BCUT2D eigenvalue weighted by Gasteiger charge is -2.11. The molecular formula is C8H13NO2. The van der Waals surface area contributed by atoms with E-state index in [1.807, 2.05) is 0 Å². The molecule has 62 valence electrons. The lowest BCUT2D eigenvalue weighted by Crippen LogP contribution is -2.22. The monoisotopic (exact) mass is 155 g/mol. The van der Waals surface area contributed by atoms with Crippen LogP contribution in [0, 0.1) is 17.8 Å². The average Bonchev–Trinajstić information content (AvgIpc) is 2.41. The predicted octanol–water partition coefficient (Wildman–Crippen LogP) is 0.317. The zero-order valence-electron chi connectivity index (χ0n) is 6.42. The largest absolute Gasteiger partial charge is 0.481 e. The molecule has 2 N–H and O–H groups in total. The molecule has 1 unspecified atom stereocenters. The molecule has 1 heterocycles. The summed E-state index contributed by atoms with van der Waals surface area (Å²) in [6.45, 7) is 1.95. The summed E-state index contributed by atoms with van der Waals surface area (Å²) >= 11 is 0. The molecule has 2 fully saturated rings. The van der Waals surface area contributed by atoms with Gasteiger partial charge in [0.15, 0.2) is 0 Å². The van der Waals surface area contributed by atoms with Crippen LogP contribution in [0.25, 0.3) is 0 Å². The van der Waals surface area contributed by atoms with E-state index >= 15 is 0 Å². The Kier molecular flexibility index (Phi) is 1.60. The summed E-state index contributed by atoms with van der Waals surface area (Å²) in [7, 11) is 0. The molecule has 0 aromatic heterocycles. The van der Waals surface area contributed by atoms with Gasteiger partial charge in [-0.3, -0.25) is 4.79 Å². The normalized spacial score (nSPS) is 42.4. The van der Waals surface area contributed by atoms with Crippen LogP contribution in [0.1, 0.15) is 12.8 Å². The molecule has 0 aromatic rings. The van der Waals surface area contributed by atoms with Crippen molar-refractivity contribution in [3.05, 3.63) is 0 Å². The molecule has 2 aliphatic rings. The minimum atomic E-state index is -0.596. The van der Waals surface area contributed by atoms with Gasteiger partial charge in [-0.25, -0.2) is 0 Å². The highest BCUT2D eigenvalue weighted by atomic mass is 16.4. The van der Waals surface area contributed by atoms with Crippen LogP contribution in [-0.2, 0) is 4.79 Å². The smallest absolute Gasteiger partial charge is 0.306 e. The van der Waals surface area contributed by atoms with Gasteiger partial charge < -0.3 is 10.4 Å². The van der Waals surface area contributed by atoms with Gasteiger partial charge in [0.05, 0.1) is 5.92 Å². The van der Waals surface area contributed by atoms with E-state index in [1.165, 1.54) is 0 Å². The van der Waals surface area contributed by atoms with Crippen molar-refractivity contribution >= 4 is 5.97 Å². The molecule has 1 aliphatic heterocycles. The number of fused-ring (bicyclic) bond motifs is 1. The molecule has 11 heavy (non-hydrogen) atoms. The number of carbonyl (C=O) groups is 1. The first-order chi connectivity index (χ1) is 5.29. The van der Waals surface area contributed by atoms with Crippen molar-refractivity contribution in [3.63, 3.8) is 0 Å². The molecule has 0 bridgehead atoms. The Labute approximate surface area is 65.8 Å². The Balaban J connectivity index is 2.08. The highest BCUT2D eigenvalue weighted by molar-refractivity contribution is 5.71. The van der Waals surface area contributed by atoms with Crippen molar-refractivity contribution < 1.29 is 9.90 Å². The minimum absolute atomic E-state index is 0.0602. The molecular weight excluding hydrogens is 142 g/mol. The quantitative estimate of drug-likeness (QED) is 0.573. The van der Waals surface area contributed by atoms with Crippen LogP contribution in [0.3, 0.4) is 0 Å². The van der Waals surface area contributed by atoms with Crippen LogP contribution in [0.5, 0.6) is 0 Å². The number of aliphatic carboxylic acids is 1. The number of carboxylic acids is 1. The third kappa shape index (κ3) is 1.03. The third-order valence-corrected chi connectivity index (χ3v) is 3.07. The average molecular weight is 155 g/mol. The molecule has 3 nitrogen and oxygen atoms in total. The first-order valence-electron chi connectivity index (χ1n) is 4.22. The second-order valence-corrected chi connectivity index (χ2v) is 3.60. The first kappa shape index (κ1) is 7.10. The van der Waals surface area contributed by atoms with E-state index in [1.54, 1.807) is 0 Å². The SMILES string of the molecule is O=C(O)C1CC[C@H]2CNC[C@@H]12. The second-order valence-electron chi connectivity index (χ2n) is 3.60. The van der Waals surface area contributed by atoms with Crippen LogP contribution < -0.4 is 5.32 Å². The van der Waals surface area contributed by atoms with Gasteiger partial charge in [-0.2, -0.15) is 0 Å². The second kappa shape index (κ2) is 2.48. The summed E-state index contributed by atoms with van der Waals surface area (Å²) in [5.41, 5.74) is 0. The van der Waals surface area contributed by atoms with E-state index < -0.39 is 5.97 Å². The third-order valence-electron chi connectivity index (χ3n) is 3.07. The number of carboxylic acid groups (broad SMARTS) is 1. The number of hydrogen-bond acceptors (Lipinski definition) is 2. The van der Waals surface area contributed by atoms with Gasteiger partial charge in [0, 0.05) is 0 Å². The Bertz CT molecular complexity index is 181. The molecule has 2 rings (SSSR count). The molecule has 3 atom stereocenters. The summed E-state index contributed by atoms with van der Waals surface area (Å²) in [5, 5.41) is 12.1. The van der Waals surface area contributed by atoms with Gasteiger partial charge in [0.1, 0.15) is 0 Å². The Hall–Kier alpha value is -0.570. The van der Waals surface area contributed by atoms with Gasteiger partial charge in [-0.15, -0.1) is 0 Å². The molecule has 1 aliphatic carbocycles. The van der Waals surface area contributed by atoms with Crippen LogP contribution in [0.4, 0.5) is 0 Å². The van der Waals surface area contributed by atoms with Gasteiger partial charge in [0.25, 0.3) is 0 Å². The molecule has 0 amide bonds. The summed E-state index contributed by atoms with van der Waals surface area (Å²) < 4.78 is 0. The van der Waals surface area contributed by atoms with Crippen LogP contribution in [0.2, 0.25) is 0 Å². The van der Waals surface area contributed by atoms with Crippen LogP contribution in [0.15, 0.2) is 0 Å². The van der Waals surface area contributed by atoms with Crippen molar-refractivity contribution in [2.45, 2.75) is 12.8 Å². The fourth-order valence-corrected chi connectivity index (χ4v) is 2.45. The highest BCUT2D eigenvalue weighted by Crippen LogP contribution is 2.39. The van der Waals surface area contributed by atoms with Gasteiger partial charge in [0.2, 0.25) is 0 Å². The summed E-state index contributed by atoms with van der Waals surface area (Å²) in [5.74, 6) is 0.416. The number of hydrogen-bond donors (Lipinski definition) is 2. The standard InChI is InChI=1S/C8H13NO2/c10-8(11)6-2-1-5-3-9-4-7(5)6/h5-7,9H,1-4H2,(H,10,11)/t5-,6?,7+/m0/s1. The minimum Gasteiger partial charge on any atom is -0.481 e. The number of nitrogens with one attached hydrogen (secondary N) is 1. The zero-order valence-corrected chi connectivity index (χ0v) is 6.42. The van der Waals surface area contributed by atoms with Crippen molar-refractivity contribution in [1.82, 2.24) is 5.32 Å². The topological polar surface area (TPSA) is 49.3 Å². The lowest BCUT2D eigenvalue weighted by atomic mass is 9.93. The van der Waals surface area contributed by atoms with E-state index in [2.05, 4.69) is 5.32 Å². The zero-order chi connectivity index (χ0) is 7.84.